The van der Waals surface area contributed by atoms with Crippen LogP contribution in [0.3, 0.4) is 0 Å². The van der Waals surface area contributed by atoms with E-state index in [1.807, 2.05) is 32.9 Å². The van der Waals surface area contributed by atoms with Crippen LogP contribution in [0.15, 0.2) is 23.1 Å². The van der Waals surface area contributed by atoms with Crippen LogP contribution >= 0.6 is 0 Å². The van der Waals surface area contributed by atoms with Crippen LogP contribution in [0.5, 0.6) is 0 Å². The first kappa shape index (κ1) is 17.8. The molecular weight excluding hydrogens is 322 g/mol. The Morgan fingerprint density at radius 2 is 2.00 bits per heavy atom. The van der Waals surface area contributed by atoms with Gasteiger partial charge in [0.2, 0.25) is 0 Å². The van der Waals surface area contributed by atoms with Crippen molar-refractivity contribution in [2.45, 2.75) is 44.8 Å². The van der Waals surface area contributed by atoms with Crippen molar-refractivity contribution >= 4 is 11.8 Å². The van der Waals surface area contributed by atoms with Gasteiger partial charge in [0.05, 0.1) is 12.2 Å². The van der Waals surface area contributed by atoms with Crippen LogP contribution in [0, 0.1) is 0 Å². The van der Waals surface area contributed by atoms with E-state index in [1.165, 1.54) is 0 Å². The molecule has 3 heterocycles. The number of aromatic amines is 1. The number of hydrogen-bond acceptors (Lipinski definition) is 5. The van der Waals surface area contributed by atoms with Gasteiger partial charge < -0.3 is 24.3 Å². The number of nitrogens with zero attached hydrogens (tertiary/aromatic N) is 2. The number of carbonyl (C=O) groups is 1. The summed E-state index contributed by atoms with van der Waals surface area (Å²) in [4.78, 5) is 30.8. The van der Waals surface area contributed by atoms with Crippen molar-refractivity contribution in [2.75, 3.05) is 37.7 Å². The molecule has 0 saturated carbocycles. The molecule has 0 unspecified atom stereocenters. The molecule has 0 atom stereocenters. The summed E-state index contributed by atoms with van der Waals surface area (Å²) in [5.41, 5.74) is -0.192. The van der Waals surface area contributed by atoms with Gasteiger partial charge in [-0.3, -0.25) is 4.79 Å². The number of nitrogens with one attached hydrogen (secondary N) is 1. The van der Waals surface area contributed by atoms with E-state index in [-0.39, 0.29) is 17.3 Å². The summed E-state index contributed by atoms with van der Waals surface area (Å²) in [5.74, 6) is 0. The molecule has 0 aliphatic carbocycles. The van der Waals surface area contributed by atoms with Gasteiger partial charge >= 0.3 is 6.09 Å². The highest BCUT2D eigenvalue weighted by Crippen LogP contribution is 2.32. The molecule has 7 nitrogen and oxygen atoms in total. The molecule has 2 aliphatic rings. The number of carbonyl (C=O) groups excluding carboxylic acids is 1. The Kier molecular flexibility index (Phi) is 4.77. The van der Waals surface area contributed by atoms with Crippen molar-refractivity contribution in [3.63, 3.8) is 0 Å². The van der Waals surface area contributed by atoms with Gasteiger partial charge in [-0.2, -0.15) is 0 Å². The van der Waals surface area contributed by atoms with E-state index < -0.39 is 5.60 Å². The first-order valence-electron chi connectivity index (χ1n) is 8.83. The zero-order valence-corrected chi connectivity index (χ0v) is 15.2. The SMILES string of the molecule is CC(C)(C)OC(=O)N1CCC2(CC1)CN(c1ccc[nH]c1=O)CCO2. The van der Waals surface area contributed by atoms with Crippen LogP contribution in [-0.4, -0.2) is 60.0 Å². The molecule has 7 heteroatoms. The van der Waals surface area contributed by atoms with E-state index in [9.17, 15) is 9.59 Å². The fourth-order valence-electron chi connectivity index (χ4n) is 3.44. The van der Waals surface area contributed by atoms with Gasteiger partial charge in [-0.25, -0.2) is 4.79 Å². The lowest BCUT2D eigenvalue weighted by Crippen LogP contribution is -2.58. The first-order valence-corrected chi connectivity index (χ1v) is 8.83. The Bertz CT molecular complexity index is 671. The lowest BCUT2D eigenvalue weighted by Gasteiger charge is -2.47. The van der Waals surface area contributed by atoms with Crippen LogP contribution in [0.1, 0.15) is 33.6 Å². The molecule has 1 spiro atoms. The first-order chi connectivity index (χ1) is 11.8. The Hall–Kier alpha value is -2.02. The van der Waals surface area contributed by atoms with Crippen molar-refractivity contribution in [3.05, 3.63) is 28.7 Å². The smallest absolute Gasteiger partial charge is 0.410 e. The van der Waals surface area contributed by atoms with Gasteiger partial charge in [0.25, 0.3) is 5.56 Å². The minimum atomic E-state index is -0.487. The molecule has 3 rings (SSSR count). The number of H-pyrrole nitrogens is 1. The fraction of sp³-hybridized carbons (Fsp3) is 0.667. The molecule has 0 radical (unpaired) electrons. The summed E-state index contributed by atoms with van der Waals surface area (Å²) in [6, 6.07) is 3.68. The van der Waals surface area contributed by atoms with E-state index >= 15 is 0 Å². The largest absolute Gasteiger partial charge is 0.444 e. The molecule has 2 saturated heterocycles. The number of aromatic nitrogens is 1. The third-order valence-electron chi connectivity index (χ3n) is 4.71. The summed E-state index contributed by atoms with van der Waals surface area (Å²) in [5, 5.41) is 0. The average Bonchev–Trinajstić information content (AvgIpc) is 2.54. The van der Waals surface area contributed by atoms with Crippen molar-refractivity contribution in [2.24, 2.45) is 0 Å². The summed E-state index contributed by atoms with van der Waals surface area (Å²) in [7, 11) is 0. The van der Waals surface area contributed by atoms with E-state index in [4.69, 9.17) is 9.47 Å². The quantitative estimate of drug-likeness (QED) is 0.839. The Balaban J connectivity index is 1.64. The minimum absolute atomic E-state index is 0.0780. The van der Waals surface area contributed by atoms with E-state index in [0.717, 1.165) is 12.8 Å². The third-order valence-corrected chi connectivity index (χ3v) is 4.71. The van der Waals surface area contributed by atoms with Crippen LogP contribution in [0.4, 0.5) is 10.5 Å². The van der Waals surface area contributed by atoms with Gasteiger partial charge in [-0.05, 0) is 45.7 Å². The molecule has 1 amide bonds. The lowest BCUT2D eigenvalue weighted by atomic mass is 9.89. The second-order valence-electron chi connectivity index (χ2n) is 7.80. The Morgan fingerprint density at radius 1 is 1.28 bits per heavy atom. The van der Waals surface area contributed by atoms with Crippen LogP contribution in [-0.2, 0) is 9.47 Å². The molecule has 1 aromatic heterocycles. The molecule has 2 fully saturated rings. The topological polar surface area (TPSA) is 74.9 Å². The number of pyridine rings is 1. The average molecular weight is 349 g/mol. The van der Waals surface area contributed by atoms with Crippen molar-refractivity contribution in [1.29, 1.82) is 0 Å². The normalized spacial score (nSPS) is 20.6. The maximum absolute atomic E-state index is 12.2. The Morgan fingerprint density at radius 3 is 2.64 bits per heavy atom. The summed E-state index contributed by atoms with van der Waals surface area (Å²) < 4.78 is 11.5. The standard InChI is InChI=1S/C18H27N3O4/c1-17(2,3)25-16(23)20-9-6-18(7-10-20)13-21(11-12-24-18)14-5-4-8-19-15(14)22/h4-5,8H,6-7,9-13H2,1-3H3,(H,19,22). The summed E-state index contributed by atoms with van der Waals surface area (Å²) in [6.07, 6.45) is 2.86. The van der Waals surface area contributed by atoms with Crippen LogP contribution < -0.4 is 10.5 Å². The second-order valence-corrected chi connectivity index (χ2v) is 7.80. The number of morpholine rings is 1. The van der Waals surface area contributed by atoms with E-state index in [2.05, 4.69) is 9.88 Å². The number of piperidine rings is 1. The van der Waals surface area contributed by atoms with Crippen molar-refractivity contribution < 1.29 is 14.3 Å². The number of amides is 1. The maximum Gasteiger partial charge on any atom is 0.410 e. The highest BCUT2D eigenvalue weighted by atomic mass is 16.6. The van der Waals surface area contributed by atoms with Gasteiger partial charge in [0.15, 0.2) is 0 Å². The Labute approximate surface area is 147 Å². The van der Waals surface area contributed by atoms with Gasteiger partial charge in [-0.15, -0.1) is 0 Å². The highest BCUT2D eigenvalue weighted by molar-refractivity contribution is 5.68. The van der Waals surface area contributed by atoms with Crippen molar-refractivity contribution in [3.8, 4) is 0 Å². The second kappa shape index (κ2) is 6.71. The van der Waals surface area contributed by atoms with Gasteiger partial charge in [0.1, 0.15) is 11.3 Å². The maximum atomic E-state index is 12.2. The molecule has 25 heavy (non-hydrogen) atoms. The summed E-state index contributed by atoms with van der Waals surface area (Å²) in [6.45, 7) is 8.77. The molecule has 1 aromatic rings. The summed E-state index contributed by atoms with van der Waals surface area (Å²) >= 11 is 0. The predicted octanol–water partition coefficient (Wildman–Crippen LogP) is 1.98. The molecule has 0 bridgehead atoms. The highest BCUT2D eigenvalue weighted by Gasteiger charge is 2.41. The predicted molar refractivity (Wildman–Crippen MR) is 95.0 cm³/mol. The molecule has 0 aromatic carbocycles. The number of ether oxygens (including phenoxy) is 2. The molecule has 138 valence electrons. The minimum Gasteiger partial charge on any atom is -0.444 e. The molecule has 2 aliphatic heterocycles. The number of rotatable bonds is 1. The van der Waals surface area contributed by atoms with Gasteiger partial charge in [-0.1, -0.05) is 0 Å². The van der Waals surface area contributed by atoms with E-state index in [1.54, 1.807) is 11.1 Å². The number of likely N-dealkylation sites (tertiary alicyclic amines) is 1. The zero-order valence-electron chi connectivity index (χ0n) is 15.2. The number of hydrogen-bond donors (Lipinski definition) is 1. The zero-order chi connectivity index (χ0) is 18.1. The van der Waals surface area contributed by atoms with Gasteiger partial charge in [0, 0.05) is 32.4 Å². The lowest BCUT2D eigenvalue weighted by molar-refractivity contribution is -0.0912. The molecular formula is C18H27N3O4. The van der Waals surface area contributed by atoms with Crippen LogP contribution in [0.25, 0.3) is 0 Å². The third kappa shape index (κ3) is 4.15. The number of anilines is 1. The van der Waals surface area contributed by atoms with Crippen molar-refractivity contribution in [1.82, 2.24) is 9.88 Å². The van der Waals surface area contributed by atoms with Crippen LogP contribution in [0.2, 0.25) is 0 Å². The van der Waals surface area contributed by atoms with E-state index in [0.29, 0.717) is 38.5 Å². The fourth-order valence-corrected chi connectivity index (χ4v) is 3.44. The monoisotopic (exact) mass is 349 g/mol. The molecule has 1 N–H and O–H groups in total.